The van der Waals surface area contributed by atoms with Gasteiger partial charge < -0.3 is 15.2 Å². The number of anilines is 1. The fourth-order valence-electron chi connectivity index (χ4n) is 3.11. The maximum atomic E-state index is 4.06. The van der Waals surface area contributed by atoms with E-state index >= 15 is 0 Å². The molecule has 0 fully saturated rings. The van der Waals surface area contributed by atoms with Crippen LogP contribution in [0, 0.1) is 0 Å². The van der Waals surface area contributed by atoms with Crippen molar-refractivity contribution in [3.8, 4) is 0 Å². The second-order valence-corrected chi connectivity index (χ2v) is 6.24. The van der Waals surface area contributed by atoms with Gasteiger partial charge in [-0.1, -0.05) is 12.1 Å². The molecule has 1 atom stereocenters. The number of hydrogen-bond acceptors (Lipinski definition) is 3. The van der Waals surface area contributed by atoms with Crippen molar-refractivity contribution in [2.24, 2.45) is 0 Å². The zero-order valence-electron chi connectivity index (χ0n) is 13.4. The molecule has 22 heavy (non-hydrogen) atoms. The van der Waals surface area contributed by atoms with Gasteiger partial charge in [-0.15, -0.1) is 0 Å². The lowest BCUT2D eigenvalue weighted by atomic mass is 9.98. The molecular formula is C18H26N4. The smallest absolute Gasteiger partial charge is 0.0945 e. The first-order chi connectivity index (χ1) is 10.8. The molecule has 1 aromatic heterocycles. The monoisotopic (exact) mass is 298 g/mol. The van der Waals surface area contributed by atoms with Crippen LogP contribution in [0.4, 0.5) is 5.69 Å². The third-order valence-electron chi connectivity index (χ3n) is 4.29. The summed E-state index contributed by atoms with van der Waals surface area (Å²) in [6.07, 6.45) is 10.4. The Labute approximate surface area is 133 Å². The Hall–Kier alpha value is -1.81. The van der Waals surface area contributed by atoms with E-state index in [0.29, 0.717) is 6.04 Å². The highest BCUT2D eigenvalue weighted by Gasteiger charge is 2.10. The summed E-state index contributed by atoms with van der Waals surface area (Å²) in [7, 11) is 0. The molecule has 118 valence electrons. The van der Waals surface area contributed by atoms with E-state index in [1.165, 1.54) is 29.7 Å². The number of nitrogens with one attached hydrogen (secondary N) is 2. The number of rotatable bonds is 7. The van der Waals surface area contributed by atoms with Gasteiger partial charge in [0.05, 0.1) is 6.33 Å². The third-order valence-corrected chi connectivity index (χ3v) is 4.29. The summed E-state index contributed by atoms with van der Waals surface area (Å²) < 4.78 is 2.13. The Balaban J connectivity index is 1.42. The van der Waals surface area contributed by atoms with Crippen LogP contribution < -0.4 is 10.6 Å². The molecule has 1 unspecified atom stereocenters. The molecule has 1 aliphatic heterocycles. The van der Waals surface area contributed by atoms with E-state index in [1.54, 1.807) is 0 Å². The van der Waals surface area contributed by atoms with E-state index in [-0.39, 0.29) is 0 Å². The predicted octanol–water partition coefficient (Wildman–Crippen LogP) is 2.85. The van der Waals surface area contributed by atoms with E-state index in [9.17, 15) is 0 Å². The maximum Gasteiger partial charge on any atom is 0.0945 e. The summed E-state index contributed by atoms with van der Waals surface area (Å²) in [5, 5.41) is 7.10. The number of imidazole rings is 1. The lowest BCUT2D eigenvalue weighted by Gasteiger charge is -2.20. The summed E-state index contributed by atoms with van der Waals surface area (Å²) in [4.78, 5) is 4.06. The number of aromatic nitrogens is 2. The van der Waals surface area contributed by atoms with Crippen LogP contribution in [0.5, 0.6) is 0 Å². The number of nitrogens with zero attached hydrogens (tertiary/aromatic N) is 2. The van der Waals surface area contributed by atoms with Crippen LogP contribution in [0.15, 0.2) is 36.9 Å². The molecule has 1 aromatic carbocycles. The molecule has 0 radical (unpaired) electrons. The first-order valence-corrected chi connectivity index (χ1v) is 8.36. The first-order valence-electron chi connectivity index (χ1n) is 8.36. The molecule has 3 rings (SSSR count). The normalized spacial score (nSPS) is 15.1. The van der Waals surface area contributed by atoms with Gasteiger partial charge in [0.15, 0.2) is 0 Å². The van der Waals surface area contributed by atoms with Crippen LogP contribution in [0.2, 0.25) is 0 Å². The summed E-state index contributed by atoms with van der Waals surface area (Å²) in [6, 6.07) is 7.40. The average Bonchev–Trinajstić information content (AvgIpc) is 3.05. The molecule has 0 saturated carbocycles. The topological polar surface area (TPSA) is 41.9 Å². The quantitative estimate of drug-likeness (QED) is 0.772. The molecule has 0 saturated heterocycles. The van der Waals surface area contributed by atoms with Crippen LogP contribution in [0.1, 0.15) is 30.9 Å². The van der Waals surface area contributed by atoms with Crippen LogP contribution in [0.3, 0.4) is 0 Å². The minimum atomic E-state index is 0.511. The van der Waals surface area contributed by atoms with Gasteiger partial charge in [0.2, 0.25) is 0 Å². The number of fused-ring (bicyclic) bond motifs is 1. The van der Waals surface area contributed by atoms with Crippen molar-refractivity contribution in [3.05, 3.63) is 48.0 Å². The van der Waals surface area contributed by atoms with Crippen molar-refractivity contribution in [2.75, 3.05) is 18.4 Å². The Bertz CT molecular complexity index is 577. The van der Waals surface area contributed by atoms with Gasteiger partial charge in [-0.25, -0.2) is 4.98 Å². The molecular weight excluding hydrogens is 272 g/mol. The lowest BCUT2D eigenvalue weighted by Crippen LogP contribution is -2.29. The summed E-state index contributed by atoms with van der Waals surface area (Å²) >= 11 is 0. The number of hydrogen-bond donors (Lipinski definition) is 2. The molecule has 2 aromatic rings. The Kier molecular flexibility index (Phi) is 5.11. The van der Waals surface area contributed by atoms with Gasteiger partial charge in [0.25, 0.3) is 0 Å². The average molecular weight is 298 g/mol. The SMILES string of the molecule is CC(Cc1ccc2c(c1)CCCN2)NCCCn1ccnc1. The van der Waals surface area contributed by atoms with Crippen LogP contribution in [0.25, 0.3) is 0 Å². The second-order valence-electron chi connectivity index (χ2n) is 6.24. The molecule has 0 spiro atoms. The largest absolute Gasteiger partial charge is 0.385 e. The predicted molar refractivity (Wildman–Crippen MR) is 91.3 cm³/mol. The van der Waals surface area contributed by atoms with Crippen molar-refractivity contribution in [1.82, 2.24) is 14.9 Å². The van der Waals surface area contributed by atoms with E-state index < -0.39 is 0 Å². The molecule has 2 heterocycles. The highest BCUT2D eigenvalue weighted by Crippen LogP contribution is 2.23. The third kappa shape index (κ3) is 4.10. The van der Waals surface area contributed by atoms with Crippen LogP contribution >= 0.6 is 0 Å². The summed E-state index contributed by atoms with van der Waals surface area (Å²) in [6.45, 7) is 5.46. The summed E-state index contributed by atoms with van der Waals surface area (Å²) in [5.41, 5.74) is 4.25. The minimum absolute atomic E-state index is 0.511. The Morgan fingerprint density at radius 2 is 2.36 bits per heavy atom. The first kappa shape index (κ1) is 15.1. The van der Waals surface area contributed by atoms with Gasteiger partial charge in [0, 0.05) is 37.2 Å². The highest BCUT2D eigenvalue weighted by atomic mass is 15.0. The molecule has 4 nitrogen and oxygen atoms in total. The van der Waals surface area contributed by atoms with E-state index in [1.807, 2.05) is 18.7 Å². The molecule has 0 amide bonds. The highest BCUT2D eigenvalue weighted by molar-refractivity contribution is 5.54. The van der Waals surface area contributed by atoms with E-state index in [2.05, 4.69) is 45.3 Å². The number of benzene rings is 1. The van der Waals surface area contributed by atoms with Crippen LogP contribution in [-0.4, -0.2) is 28.7 Å². The lowest BCUT2D eigenvalue weighted by molar-refractivity contribution is 0.510. The fourth-order valence-corrected chi connectivity index (χ4v) is 3.11. The zero-order chi connectivity index (χ0) is 15.2. The van der Waals surface area contributed by atoms with Gasteiger partial charge >= 0.3 is 0 Å². The van der Waals surface area contributed by atoms with Gasteiger partial charge in [-0.2, -0.15) is 0 Å². The maximum absolute atomic E-state index is 4.06. The van der Waals surface area contributed by atoms with Crippen molar-refractivity contribution in [2.45, 2.75) is 45.2 Å². The van der Waals surface area contributed by atoms with Crippen molar-refractivity contribution < 1.29 is 0 Å². The van der Waals surface area contributed by atoms with Gasteiger partial charge in [-0.05, 0) is 56.3 Å². The Morgan fingerprint density at radius 1 is 1.41 bits per heavy atom. The summed E-state index contributed by atoms with van der Waals surface area (Å²) in [5.74, 6) is 0. The second kappa shape index (κ2) is 7.45. The standard InChI is InChI=1S/C18H26N4/c1-15(20-8-3-10-22-11-9-19-14-22)12-16-5-6-18-17(13-16)4-2-7-21-18/h5-6,9,11,13-15,20-21H,2-4,7-8,10,12H2,1H3. The molecule has 0 bridgehead atoms. The van der Waals surface area contributed by atoms with E-state index in [4.69, 9.17) is 0 Å². The van der Waals surface area contributed by atoms with Crippen LogP contribution in [-0.2, 0) is 19.4 Å². The van der Waals surface area contributed by atoms with E-state index in [0.717, 1.165) is 32.5 Å². The number of aryl methyl sites for hydroxylation is 2. The minimum Gasteiger partial charge on any atom is -0.385 e. The van der Waals surface area contributed by atoms with Gasteiger partial charge in [-0.3, -0.25) is 0 Å². The molecule has 4 heteroatoms. The molecule has 0 aliphatic carbocycles. The van der Waals surface area contributed by atoms with Crippen molar-refractivity contribution in [3.63, 3.8) is 0 Å². The van der Waals surface area contributed by atoms with Gasteiger partial charge in [0.1, 0.15) is 0 Å². The molecule has 1 aliphatic rings. The van der Waals surface area contributed by atoms with Crippen molar-refractivity contribution in [1.29, 1.82) is 0 Å². The Morgan fingerprint density at radius 3 is 3.23 bits per heavy atom. The zero-order valence-corrected chi connectivity index (χ0v) is 13.4. The van der Waals surface area contributed by atoms with Crippen molar-refractivity contribution >= 4 is 5.69 Å². The molecule has 2 N–H and O–H groups in total. The fraction of sp³-hybridized carbons (Fsp3) is 0.500.